The molecule has 8 heteroatoms. The van der Waals surface area contributed by atoms with E-state index in [0.717, 1.165) is 31.4 Å². The van der Waals surface area contributed by atoms with Crippen molar-refractivity contribution < 1.29 is 17.6 Å². The Morgan fingerprint density at radius 1 is 1.29 bits per heavy atom. The monoisotopic (exact) mass is 380 g/mol. The van der Waals surface area contributed by atoms with E-state index in [2.05, 4.69) is 5.32 Å². The van der Waals surface area contributed by atoms with Gasteiger partial charge >= 0.3 is 0 Å². The van der Waals surface area contributed by atoms with Crippen LogP contribution >= 0.6 is 12.4 Å². The van der Waals surface area contributed by atoms with Crippen LogP contribution in [0.25, 0.3) is 0 Å². The number of amides is 1. The largest absolute Gasteiger partial charge is 0.352 e. The minimum absolute atomic E-state index is 0. The zero-order valence-corrected chi connectivity index (χ0v) is 15.6. The summed E-state index contributed by atoms with van der Waals surface area (Å²) in [6.07, 6.45) is 2.58. The van der Waals surface area contributed by atoms with Crippen LogP contribution in [0, 0.1) is 5.82 Å². The Balaban J connectivity index is 0.00000529. The number of carbonyl (C=O) groups excluding carboxylic acids is 1. The molecule has 0 aromatic heterocycles. The molecule has 24 heavy (non-hydrogen) atoms. The lowest BCUT2D eigenvalue weighted by Crippen LogP contribution is -2.41. The summed E-state index contributed by atoms with van der Waals surface area (Å²) in [6, 6.07) is 4.47. The molecular formula is C16H26ClFN2O3S. The zero-order valence-electron chi connectivity index (χ0n) is 14.0. The van der Waals surface area contributed by atoms with Crippen LogP contribution in [0.1, 0.15) is 39.5 Å². The molecule has 0 saturated heterocycles. The van der Waals surface area contributed by atoms with E-state index < -0.39 is 20.9 Å². The highest BCUT2D eigenvalue weighted by atomic mass is 35.5. The quantitative estimate of drug-likeness (QED) is 0.644. The number of sulfone groups is 1. The maximum atomic E-state index is 12.9. The van der Waals surface area contributed by atoms with E-state index in [1.54, 1.807) is 0 Å². The molecule has 3 N–H and O–H groups in total. The van der Waals surface area contributed by atoms with Gasteiger partial charge in [0, 0.05) is 19.0 Å². The molecule has 1 amide bonds. The first-order valence-corrected chi connectivity index (χ1v) is 9.34. The van der Waals surface area contributed by atoms with Gasteiger partial charge in [-0.1, -0.05) is 19.8 Å². The second-order valence-corrected chi connectivity index (χ2v) is 8.02. The molecule has 2 atom stereocenters. The Hall–Kier alpha value is -1.18. The summed E-state index contributed by atoms with van der Waals surface area (Å²) in [4.78, 5) is 12.0. The first-order chi connectivity index (χ1) is 10.8. The van der Waals surface area contributed by atoms with Crippen LogP contribution in [-0.2, 0) is 14.6 Å². The SMILES string of the molecule is CCCCC(CN)NC(=O)CC(C)S(=O)(=O)c1ccc(F)cc1.Cl. The smallest absolute Gasteiger partial charge is 0.221 e. The van der Waals surface area contributed by atoms with Crippen molar-refractivity contribution in [2.75, 3.05) is 6.54 Å². The van der Waals surface area contributed by atoms with Crippen LogP contribution in [0.3, 0.4) is 0 Å². The number of hydrogen-bond acceptors (Lipinski definition) is 4. The van der Waals surface area contributed by atoms with Crippen molar-refractivity contribution in [3.8, 4) is 0 Å². The van der Waals surface area contributed by atoms with Crippen LogP contribution in [0.2, 0.25) is 0 Å². The summed E-state index contributed by atoms with van der Waals surface area (Å²) in [5.74, 6) is -0.842. The van der Waals surface area contributed by atoms with E-state index in [-0.39, 0.29) is 35.7 Å². The third-order valence-electron chi connectivity index (χ3n) is 3.70. The van der Waals surface area contributed by atoms with Crippen molar-refractivity contribution in [3.63, 3.8) is 0 Å². The lowest BCUT2D eigenvalue weighted by molar-refractivity contribution is -0.121. The highest BCUT2D eigenvalue weighted by Gasteiger charge is 2.26. The van der Waals surface area contributed by atoms with Crippen molar-refractivity contribution in [2.45, 2.75) is 55.7 Å². The van der Waals surface area contributed by atoms with Crippen molar-refractivity contribution in [2.24, 2.45) is 5.73 Å². The summed E-state index contributed by atoms with van der Waals surface area (Å²) in [5, 5.41) is 1.89. The number of hydrogen-bond donors (Lipinski definition) is 2. The molecule has 0 heterocycles. The van der Waals surface area contributed by atoms with E-state index in [1.165, 1.54) is 19.1 Å². The molecule has 1 rings (SSSR count). The maximum Gasteiger partial charge on any atom is 0.221 e. The molecule has 0 radical (unpaired) electrons. The zero-order chi connectivity index (χ0) is 17.5. The van der Waals surface area contributed by atoms with Gasteiger partial charge in [-0.2, -0.15) is 0 Å². The van der Waals surface area contributed by atoms with Gasteiger partial charge < -0.3 is 11.1 Å². The molecule has 2 unspecified atom stereocenters. The third-order valence-corrected chi connectivity index (χ3v) is 5.86. The normalized spacial score (nSPS) is 13.7. The average molecular weight is 381 g/mol. The first-order valence-electron chi connectivity index (χ1n) is 7.80. The maximum absolute atomic E-state index is 12.9. The Morgan fingerprint density at radius 3 is 2.38 bits per heavy atom. The topological polar surface area (TPSA) is 89.3 Å². The number of halogens is 2. The molecular weight excluding hydrogens is 355 g/mol. The summed E-state index contributed by atoms with van der Waals surface area (Å²) >= 11 is 0. The summed E-state index contributed by atoms with van der Waals surface area (Å²) in [7, 11) is -3.67. The fourth-order valence-electron chi connectivity index (χ4n) is 2.21. The Kier molecular flexibility index (Phi) is 10.1. The predicted octanol–water partition coefficient (Wildman–Crippen LogP) is 2.43. The summed E-state index contributed by atoms with van der Waals surface area (Å²) < 4.78 is 37.7. The van der Waals surface area contributed by atoms with E-state index in [0.29, 0.717) is 6.54 Å². The molecule has 0 aliphatic rings. The molecule has 0 fully saturated rings. The van der Waals surface area contributed by atoms with Crippen LogP contribution in [0.5, 0.6) is 0 Å². The number of nitrogens with one attached hydrogen (secondary N) is 1. The molecule has 1 aromatic rings. The number of nitrogens with two attached hydrogens (primary N) is 1. The number of benzene rings is 1. The van der Waals surface area contributed by atoms with Gasteiger partial charge in [0.25, 0.3) is 0 Å². The van der Waals surface area contributed by atoms with E-state index in [1.807, 2.05) is 6.92 Å². The summed E-state index contributed by atoms with van der Waals surface area (Å²) in [5.41, 5.74) is 5.62. The van der Waals surface area contributed by atoms with Gasteiger partial charge in [-0.3, -0.25) is 4.79 Å². The van der Waals surface area contributed by atoms with Gasteiger partial charge in [-0.05, 0) is 37.6 Å². The highest BCUT2D eigenvalue weighted by molar-refractivity contribution is 7.92. The van der Waals surface area contributed by atoms with Crippen molar-refractivity contribution in [1.82, 2.24) is 5.32 Å². The number of unbranched alkanes of at least 4 members (excludes halogenated alkanes) is 1. The van der Waals surface area contributed by atoms with Crippen molar-refractivity contribution in [1.29, 1.82) is 0 Å². The second-order valence-electron chi connectivity index (χ2n) is 5.66. The number of carbonyl (C=O) groups is 1. The Labute approximate surface area is 149 Å². The molecule has 0 saturated carbocycles. The molecule has 0 aliphatic heterocycles. The number of rotatable bonds is 9. The molecule has 0 aliphatic carbocycles. The van der Waals surface area contributed by atoms with Crippen molar-refractivity contribution >= 4 is 28.2 Å². The van der Waals surface area contributed by atoms with Crippen LogP contribution < -0.4 is 11.1 Å². The van der Waals surface area contributed by atoms with E-state index >= 15 is 0 Å². The first kappa shape index (κ1) is 22.8. The van der Waals surface area contributed by atoms with Crippen molar-refractivity contribution in [3.05, 3.63) is 30.1 Å². The minimum atomic E-state index is -3.67. The molecule has 138 valence electrons. The van der Waals surface area contributed by atoms with Crippen LogP contribution in [0.15, 0.2) is 29.2 Å². The van der Waals surface area contributed by atoms with Gasteiger partial charge in [0.15, 0.2) is 9.84 Å². The molecule has 1 aromatic carbocycles. The lowest BCUT2D eigenvalue weighted by atomic mass is 10.1. The Morgan fingerprint density at radius 2 is 1.88 bits per heavy atom. The van der Waals surface area contributed by atoms with E-state index in [9.17, 15) is 17.6 Å². The van der Waals surface area contributed by atoms with Gasteiger partial charge in [0.1, 0.15) is 5.82 Å². The lowest BCUT2D eigenvalue weighted by Gasteiger charge is -2.18. The molecule has 0 spiro atoms. The van der Waals surface area contributed by atoms with E-state index in [4.69, 9.17) is 5.73 Å². The van der Waals surface area contributed by atoms with Gasteiger partial charge in [-0.25, -0.2) is 12.8 Å². The molecule has 0 bridgehead atoms. The fraction of sp³-hybridized carbons (Fsp3) is 0.562. The van der Waals surface area contributed by atoms with Crippen LogP contribution in [0.4, 0.5) is 4.39 Å². The average Bonchev–Trinajstić information content (AvgIpc) is 2.51. The third kappa shape index (κ3) is 6.75. The molecule has 5 nitrogen and oxygen atoms in total. The fourth-order valence-corrected chi connectivity index (χ4v) is 3.56. The van der Waals surface area contributed by atoms with Gasteiger partial charge in [0.2, 0.25) is 5.91 Å². The second kappa shape index (κ2) is 10.6. The van der Waals surface area contributed by atoms with Gasteiger partial charge in [-0.15, -0.1) is 12.4 Å². The minimum Gasteiger partial charge on any atom is -0.352 e. The van der Waals surface area contributed by atoms with Crippen LogP contribution in [-0.4, -0.2) is 32.2 Å². The Bertz CT molecular complexity index is 608. The highest BCUT2D eigenvalue weighted by Crippen LogP contribution is 2.18. The van der Waals surface area contributed by atoms with Gasteiger partial charge in [0.05, 0.1) is 10.1 Å². The predicted molar refractivity (Wildman–Crippen MR) is 95.4 cm³/mol. The summed E-state index contributed by atoms with van der Waals surface area (Å²) in [6.45, 7) is 3.85. The standard InChI is InChI=1S/C16H25FN2O3S.ClH/c1-3-4-5-14(11-18)19-16(20)10-12(2)23(21,22)15-8-6-13(17)7-9-15;/h6-9,12,14H,3-5,10-11,18H2,1-2H3,(H,19,20);1H.